The average molecular weight is 388 g/mol. The number of methoxy groups -OCH3 is 1. The Morgan fingerprint density at radius 3 is 2.92 bits per heavy atom. The number of halogens is 1. The molecule has 26 heavy (non-hydrogen) atoms. The maximum atomic E-state index is 9.53. The molecular weight excluding hydrogens is 374 g/mol. The molecule has 7 nitrogen and oxygen atoms in total. The van der Waals surface area contributed by atoms with E-state index < -0.39 is 0 Å². The van der Waals surface area contributed by atoms with E-state index in [-0.39, 0.29) is 5.75 Å². The molecule has 4 aromatic rings. The van der Waals surface area contributed by atoms with Gasteiger partial charge in [-0.1, -0.05) is 35.1 Å². The number of nitrogens with zero attached hydrogens (tertiary/aromatic N) is 4. The Balaban J connectivity index is 1.59. The van der Waals surface area contributed by atoms with Crippen LogP contribution in [0.4, 0.5) is 10.8 Å². The third kappa shape index (κ3) is 3.29. The molecule has 0 bridgehead atoms. The van der Waals surface area contributed by atoms with Crippen molar-refractivity contribution in [1.82, 2.24) is 19.8 Å². The lowest BCUT2D eigenvalue weighted by Crippen LogP contribution is -1.99. The minimum Gasteiger partial charge on any atom is -0.506 e. The second kappa shape index (κ2) is 6.81. The van der Waals surface area contributed by atoms with Gasteiger partial charge in [-0.2, -0.15) is 4.52 Å². The normalized spacial score (nSPS) is 11.0. The van der Waals surface area contributed by atoms with Crippen LogP contribution in [-0.4, -0.2) is 32.0 Å². The highest BCUT2D eigenvalue weighted by atomic mass is 35.5. The van der Waals surface area contributed by atoms with Crippen LogP contribution in [0.2, 0.25) is 5.02 Å². The van der Waals surface area contributed by atoms with Crippen molar-refractivity contribution in [2.24, 2.45) is 0 Å². The van der Waals surface area contributed by atoms with Crippen LogP contribution in [-0.2, 0) is 6.42 Å². The number of hydrogen-bond donors (Lipinski definition) is 2. The zero-order chi connectivity index (χ0) is 18.1. The van der Waals surface area contributed by atoms with Crippen molar-refractivity contribution in [3.63, 3.8) is 0 Å². The van der Waals surface area contributed by atoms with Crippen molar-refractivity contribution in [3.05, 3.63) is 58.9 Å². The van der Waals surface area contributed by atoms with E-state index in [0.29, 0.717) is 27.4 Å². The van der Waals surface area contributed by atoms with Gasteiger partial charge in [0.15, 0.2) is 5.82 Å². The van der Waals surface area contributed by atoms with E-state index in [9.17, 15) is 5.11 Å². The highest BCUT2D eigenvalue weighted by Gasteiger charge is 2.13. The summed E-state index contributed by atoms with van der Waals surface area (Å²) in [6.07, 6.45) is 0.503. The summed E-state index contributed by atoms with van der Waals surface area (Å²) < 4.78 is 6.93. The standard InChI is InChI=1S/C17H14ClN5O2S/c1-25-12-4-2-3-11(9-12)19-16-22-23-15(20-21-17(23)26-16)8-10-5-6-14(24)13(18)7-10/h2-7,9,24H,8H2,1H3,(H,19,22). The van der Waals surface area contributed by atoms with Crippen molar-refractivity contribution in [2.75, 3.05) is 12.4 Å². The maximum Gasteiger partial charge on any atom is 0.236 e. The number of ether oxygens (including phenoxy) is 1. The number of rotatable bonds is 5. The molecular formula is C17H14ClN5O2S. The van der Waals surface area contributed by atoms with Gasteiger partial charge in [-0.3, -0.25) is 0 Å². The Labute approximate surface area is 157 Å². The van der Waals surface area contributed by atoms with Gasteiger partial charge in [-0.05, 0) is 29.8 Å². The number of phenolic OH excluding ortho intramolecular Hbond substituents is 1. The van der Waals surface area contributed by atoms with Crippen LogP contribution in [0.15, 0.2) is 42.5 Å². The number of anilines is 2. The van der Waals surface area contributed by atoms with Crippen LogP contribution >= 0.6 is 22.9 Å². The molecule has 2 aromatic carbocycles. The Morgan fingerprint density at radius 1 is 1.23 bits per heavy atom. The van der Waals surface area contributed by atoms with Crippen LogP contribution in [0.5, 0.6) is 11.5 Å². The monoisotopic (exact) mass is 387 g/mol. The molecule has 2 N–H and O–H groups in total. The predicted octanol–water partition coefficient (Wildman–Crippen LogP) is 3.89. The summed E-state index contributed by atoms with van der Waals surface area (Å²) >= 11 is 7.37. The number of benzene rings is 2. The van der Waals surface area contributed by atoms with Crippen molar-refractivity contribution >= 4 is 38.7 Å². The van der Waals surface area contributed by atoms with E-state index in [2.05, 4.69) is 20.6 Å². The third-order valence-electron chi connectivity index (χ3n) is 3.75. The van der Waals surface area contributed by atoms with Crippen LogP contribution in [0.1, 0.15) is 11.4 Å². The van der Waals surface area contributed by atoms with Crippen LogP contribution < -0.4 is 10.1 Å². The number of phenols is 1. The minimum absolute atomic E-state index is 0.0558. The van der Waals surface area contributed by atoms with Crippen LogP contribution in [0, 0.1) is 0 Å². The number of aromatic nitrogens is 4. The van der Waals surface area contributed by atoms with E-state index in [0.717, 1.165) is 17.0 Å². The summed E-state index contributed by atoms with van der Waals surface area (Å²) in [5, 5.41) is 26.7. The molecule has 0 spiro atoms. The second-order valence-electron chi connectivity index (χ2n) is 5.54. The molecule has 0 aliphatic rings. The van der Waals surface area contributed by atoms with Crippen molar-refractivity contribution < 1.29 is 9.84 Å². The highest BCUT2D eigenvalue weighted by molar-refractivity contribution is 7.20. The first-order valence-electron chi connectivity index (χ1n) is 7.72. The molecule has 0 aliphatic carbocycles. The Bertz CT molecular complexity index is 1080. The molecule has 0 radical (unpaired) electrons. The number of fused-ring (bicyclic) bond motifs is 1. The summed E-state index contributed by atoms with van der Waals surface area (Å²) in [6.45, 7) is 0. The minimum atomic E-state index is 0.0558. The summed E-state index contributed by atoms with van der Waals surface area (Å²) in [6, 6.07) is 12.7. The maximum absolute atomic E-state index is 9.53. The first-order chi connectivity index (χ1) is 12.6. The largest absolute Gasteiger partial charge is 0.506 e. The van der Waals surface area contributed by atoms with Gasteiger partial charge in [-0.15, -0.1) is 15.3 Å². The molecule has 9 heteroatoms. The first-order valence-corrected chi connectivity index (χ1v) is 8.91. The van der Waals surface area contributed by atoms with Gasteiger partial charge in [0.05, 0.1) is 12.1 Å². The molecule has 0 unspecified atom stereocenters. The molecule has 0 saturated heterocycles. The molecule has 2 heterocycles. The van der Waals surface area contributed by atoms with Crippen LogP contribution in [0.3, 0.4) is 0 Å². The molecule has 4 rings (SSSR count). The zero-order valence-corrected chi connectivity index (χ0v) is 15.3. The molecule has 132 valence electrons. The van der Waals surface area contributed by atoms with Gasteiger partial charge in [0.25, 0.3) is 0 Å². The summed E-state index contributed by atoms with van der Waals surface area (Å²) in [7, 11) is 1.63. The lowest BCUT2D eigenvalue weighted by molar-refractivity contribution is 0.415. The first kappa shape index (κ1) is 16.6. The smallest absolute Gasteiger partial charge is 0.236 e. The Kier molecular flexibility index (Phi) is 4.36. The number of aromatic hydroxyl groups is 1. The SMILES string of the molecule is COc1cccc(Nc2nn3c(Cc4ccc(O)c(Cl)c4)nnc3s2)c1. The summed E-state index contributed by atoms with van der Waals surface area (Å²) in [5.41, 5.74) is 1.79. The zero-order valence-electron chi connectivity index (χ0n) is 13.7. The van der Waals surface area contributed by atoms with Crippen molar-refractivity contribution in [1.29, 1.82) is 0 Å². The number of hydrogen-bond acceptors (Lipinski definition) is 7. The molecule has 0 fully saturated rings. The fourth-order valence-corrected chi connectivity index (χ4v) is 3.47. The van der Waals surface area contributed by atoms with Gasteiger partial charge in [0.1, 0.15) is 11.5 Å². The Morgan fingerprint density at radius 2 is 2.12 bits per heavy atom. The molecule has 0 saturated carbocycles. The van der Waals surface area contributed by atoms with E-state index in [1.54, 1.807) is 29.8 Å². The molecule has 0 atom stereocenters. The average Bonchev–Trinajstić information content (AvgIpc) is 3.19. The fraction of sp³-hybridized carbons (Fsp3) is 0.118. The van der Waals surface area contributed by atoms with Gasteiger partial charge in [0, 0.05) is 18.2 Å². The van der Waals surface area contributed by atoms with Gasteiger partial charge >= 0.3 is 0 Å². The lowest BCUT2D eigenvalue weighted by atomic mass is 10.1. The van der Waals surface area contributed by atoms with Gasteiger partial charge < -0.3 is 15.2 Å². The lowest BCUT2D eigenvalue weighted by Gasteiger charge is -2.04. The number of nitrogens with one attached hydrogen (secondary N) is 1. The van der Waals surface area contributed by atoms with E-state index in [4.69, 9.17) is 16.3 Å². The van der Waals surface area contributed by atoms with E-state index >= 15 is 0 Å². The Hall–Kier alpha value is -2.84. The van der Waals surface area contributed by atoms with Crippen molar-refractivity contribution in [3.8, 4) is 11.5 Å². The highest BCUT2D eigenvalue weighted by Crippen LogP contribution is 2.27. The predicted molar refractivity (Wildman–Crippen MR) is 101 cm³/mol. The molecule has 0 amide bonds. The van der Waals surface area contributed by atoms with Crippen molar-refractivity contribution in [2.45, 2.75) is 6.42 Å². The van der Waals surface area contributed by atoms with Gasteiger partial charge in [0.2, 0.25) is 10.1 Å². The summed E-state index contributed by atoms with van der Waals surface area (Å²) in [5.74, 6) is 1.51. The third-order valence-corrected chi connectivity index (χ3v) is 4.87. The second-order valence-corrected chi connectivity index (χ2v) is 6.90. The van der Waals surface area contributed by atoms with E-state index in [1.807, 2.05) is 24.3 Å². The molecule has 2 aromatic heterocycles. The van der Waals surface area contributed by atoms with E-state index in [1.165, 1.54) is 11.3 Å². The quantitative estimate of drug-likeness (QED) is 0.540. The fourth-order valence-electron chi connectivity index (χ4n) is 2.49. The molecule has 0 aliphatic heterocycles. The van der Waals surface area contributed by atoms with Crippen LogP contribution in [0.25, 0.3) is 4.96 Å². The summed E-state index contributed by atoms with van der Waals surface area (Å²) in [4.78, 5) is 0.690. The van der Waals surface area contributed by atoms with Gasteiger partial charge in [-0.25, -0.2) is 0 Å². The topological polar surface area (TPSA) is 84.6 Å².